The summed E-state index contributed by atoms with van der Waals surface area (Å²) in [5, 5.41) is 3.14. The van der Waals surface area contributed by atoms with E-state index < -0.39 is 16.1 Å². The van der Waals surface area contributed by atoms with Crippen molar-refractivity contribution in [2.45, 2.75) is 75.8 Å². The van der Waals surface area contributed by atoms with Crippen LogP contribution < -0.4 is 10.0 Å². The molecule has 0 aromatic heterocycles. The molecule has 2 aromatic rings. The topological polar surface area (TPSA) is 95.6 Å². The highest BCUT2D eigenvalue weighted by atomic mass is 32.2. The maximum Gasteiger partial charge on any atom is 0.262 e. The Morgan fingerprint density at radius 3 is 2.47 bits per heavy atom. The highest BCUT2D eigenvalue weighted by Gasteiger charge is 2.35. The molecule has 1 saturated carbocycles. The van der Waals surface area contributed by atoms with Gasteiger partial charge in [0.25, 0.3) is 15.9 Å². The van der Waals surface area contributed by atoms with Crippen molar-refractivity contribution in [1.82, 2.24) is 10.2 Å². The first-order valence-electron chi connectivity index (χ1n) is 12.1. The van der Waals surface area contributed by atoms with E-state index in [9.17, 15) is 18.0 Å². The summed E-state index contributed by atoms with van der Waals surface area (Å²) in [7, 11) is -3.81. The third-order valence-corrected chi connectivity index (χ3v) is 8.29. The zero-order chi connectivity index (χ0) is 24.3. The molecule has 1 atom stereocenters. The van der Waals surface area contributed by atoms with Gasteiger partial charge in [-0.15, -0.1) is 0 Å². The van der Waals surface area contributed by atoms with Crippen LogP contribution in [0, 0.1) is 13.8 Å². The normalized spacial score (nSPS) is 19.1. The molecule has 0 bridgehead atoms. The molecule has 2 amide bonds. The maximum absolute atomic E-state index is 13.3. The highest BCUT2D eigenvalue weighted by Crippen LogP contribution is 2.25. The molecule has 2 aromatic carbocycles. The van der Waals surface area contributed by atoms with E-state index in [1.165, 1.54) is 6.42 Å². The van der Waals surface area contributed by atoms with Crippen LogP contribution in [-0.2, 0) is 14.8 Å². The number of carbonyl (C=O) groups excluding carboxylic acids is 2. The van der Waals surface area contributed by atoms with Crippen molar-refractivity contribution in [2.24, 2.45) is 0 Å². The van der Waals surface area contributed by atoms with Gasteiger partial charge in [0.05, 0.1) is 4.90 Å². The molecule has 2 fully saturated rings. The van der Waals surface area contributed by atoms with Gasteiger partial charge in [-0.3, -0.25) is 14.3 Å². The number of amides is 2. The third kappa shape index (κ3) is 5.43. The fourth-order valence-corrected chi connectivity index (χ4v) is 6.30. The van der Waals surface area contributed by atoms with Gasteiger partial charge in [0.15, 0.2) is 0 Å². The fourth-order valence-electron chi connectivity index (χ4n) is 4.92. The Hall–Kier alpha value is -2.87. The minimum absolute atomic E-state index is 0.0791. The summed E-state index contributed by atoms with van der Waals surface area (Å²) in [5.41, 5.74) is 2.17. The number of benzene rings is 2. The lowest BCUT2D eigenvalue weighted by Gasteiger charge is -2.28. The van der Waals surface area contributed by atoms with Crippen LogP contribution in [0.25, 0.3) is 0 Å². The van der Waals surface area contributed by atoms with Crippen LogP contribution in [0.15, 0.2) is 47.4 Å². The first kappa shape index (κ1) is 24.3. The Labute approximate surface area is 202 Å². The Kier molecular flexibility index (Phi) is 7.26. The van der Waals surface area contributed by atoms with Gasteiger partial charge in [-0.2, -0.15) is 0 Å². The molecule has 2 aliphatic rings. The zero-order valence-electron chi connectivity index (χ0n) is 19.8. The number of rotatable bonds is 6. The Balaban J connectivity index is 1.48. The molecular formula is C26H33N3O4S. The van der Waals surface area contributed by atoms with Crippen LogP contribution in [-0.4, -0.2) is 43.8 Å². The standard InChI is InChI=1S/C26H33N3O4S/c1-18-13-14-19(2)24(16-18)34(32,33)28-22-11-6-8-20(17-22)26(31)29-15-7-12-23(29)25(30)27-21-9-4-3-5-10-21/h6,8,11,13-14,16-17,21,23,28H,3-5,7,9-10,12,15H2,1-2H3,(H,27,30). The van der Waals surface area contributed by atoms with E-state index in [0.717, 1.165) is 37.7 Å². The molecule has 1 saturated heterocycles. The fraction of sp³-hybridized carbons (Fsp3) is 0.462. The lowest BCUT2D eigenvalue weighted by Crippen LogP contribution is -2.49. The molecule has 1 aliphatic heterocycles. The molecule has 0 radical (unpaired) electrons. The van der Waals surface area contributed by atoms with Crippen LogP contribution in [0.2, 0.25) is 0 Å². The molecule has 1 unspecified atom stereocenters. The number of aryl methyl sites for hydroxylation is 2. The third-order valence-electron chi connectivity index (χ3n) is 6.76. The van der Waals surface area contributed by atoms with Crippen LogP contribution in [0.1, 0.15) is 66.4 Å². The minimum atomic E-state index is -3.81. The summed E-state index contributed by atoms with van der Waals surface area (Å²) >= 11 is 0. The number of carbonyl (C=O) groups is 2. The van der Waals surface area contributed by atoms with E-state index in [4.69, 9.17) is 0 Å². The summed E-state index contributed by atoms with van der Waals surface area (Å²) in [6, 6.07) is 11.5. The predicted octanol–water partition coefficient (Wildman–Crippen LogP) is 4.16. The van der Waals surface area contributed by atoms with E-state index in [1.807, 2.05) is 13.0 Å². The summed E-state index contributed by atoms with van der Waals surface area (Å²) in [4.78, 5) is 28.1. The van der Waals surface area contributed by atoms with E-state index in [-0.39, 0.29) is 22.8 Å². The number of hydrogen-bond donors (Lipinski definition) is 2. The van der Waals surface area contributed by atoms with E-state index >= 15 is 0 Å². The van der Waals surface area contributed by atoms with Crippen molar-refractivity contribution < 1.29 is 18.0 Å². The van der Waals surface area contributed by atoms with Crippen LogP contribution >= 0.6 is 0 Å². The quantitative estimate of drug-likeness (QED) is 0.645. The SMILES string of the molecule is Cc1ccc(C)c(S(=O)(=O)Nc2cccc(C(=O)N3CCCC3C(=O)NC3CCCCC3)c2)c1. The van der Waals surface area contributed by atoms with Crippen LogP contribution in [0.3, 0.4) is 0 Å². The minimum Gasteiger partial charge on any atom is -0.352 e. The van der Waals surface area contributed by atoms with Gasteiger partial charge in [-0.25, -0.2) is 8.42 Å². The number of anilines is 1. The van der Waals surface area contributed by atoms with Crippen molar-refractivity contribution in [3.8, 4) is 0 Å². The van der Waals surface area contributed by atoms with Crippen LogP contribution in [0.5, 0.6) is 0 Å². The molecule has 8 heteroatoms. The number of hydrogen-bond acceptors (Lipinski definition) is 4. The van der Waals surface area contributed by atoms with Crippen molar-refractivity contribution >= 4 is 27.5 Å². The number of nitrogens with zero attached hydrogens (tertiary/aromatic N) is 1. The van der Waals surface area contributed by atoms with E-state index in [1.54, 1.807) is 48.2 Å². The first-order valence-corrected chi connectivity index (χ1v) is 13.5. The molecule has 0 spiro atoms. The lowest BCUT2D eigenvalue weighted by molar-refractivity contribution is -0.125. The van der Waals surface area contributed by atoms with Crippen molar-refractivity contribution in [3.05, 3.63) is 59.2 Å². The molecule has 7 nitrogen and oxygen atoms in total. The Morgan fingerprint density at radius 2 is 1.71 bits per heavy atom. The highest BCUT2D eigenvalue weighted by molar-refractivity contribution is 7.92. The van der Waals surface area contributed by atoms with Crippen molar-refractivity contribution in [3.63, 3.8) is 0 Å². The van der Waals surface area contributed by atoms with Gasteiger partial charge >= 0.3 is 0 Å². The van der Waals surface area contributed by atoms with Crippen LogP contribution in [0.4, 0.5) is 5.69 Å². The lowest BCUT2D eigenvalue weighted by atomic mass is 9.95. The van der Waals surface area contributed by atoms with Crippen molar-refractivity contribution in [1.29, 1.82) is 0 Å². The largest absolute Gasteiger partial charge is 0.352 e. The first-order chi connectivity index (χ1) is 16.2. The second-order valence-corrected chi connectivity index (χ2v) is 11.1. The number of nitrogens with one attached hydrogen (secondary N) is 2. The molecule has 4 rings (SSSR count). The van der Waals surface area contributed by atoms with Gasteiger partial charge in [0.2, 0.25) is 5.91 Å². The molecular weight excluding hydrogens is 450 g/mol. The summed E-state index contributed by atoms with van der Waals surface area (Å²) < 4.78 is 28.6. The average molecular weight is 484 g/mol. The summed E-state index contributed by atoms with van der Waals surface area (Å²) in [5.74, 6) is -0.335. The second-order valence-electron chi connectivity index (χ2n) is 9.46. The zero-order valence-corrected chi connectivity index (χ0v) is 20.7. The monoisotopic (exact) mass is 483 g/mol. The molecule has 34 heavy (non-hydrogen) atoms. The Morgan fingerprint density at radius 1 is 0.941 bits per heavy atom. The van der Waals surface area contributed by atoms with Gasteiger partial charge in [-0.05, 0) is 74.9 Å². The number of likely N-dealkylation sites (tertiary alicyclic amines) is 1. The predicted molar refractivity (Wildman–Crippen MR) is 132 cm³/mol. The van der Waals surface area contributed by atoms with Gasteiger partial charge in [-0.1, -0.05) is 37.5 Å². The molecule has 1 heterocycles. The van der Waals surface area contributed by atoms with Gasteiger partial charge in [0.1, 0.15) is 6.04 Å². The van der Waals surface area contributed by atoms with E-state index in [2.05, 4.69) is 10.0 Å². The van der Waals surface area contributed by atoms with Crippen molar-refractivity contribution in [2.75, 3.05) is 11.3 Å². The summed E-state index contributed by atoms with van der Waals surface area (Å²) in [6.45, 7) is 4.11. The maximum atomic E-state index is 13.3. The smallest absolute Gasteiger partial charge is 0.262 e. The second kappa shape index (κ2) is 10.2. The van der Waals surface area contributed by atoms with Gasteiger partial charge in [0, 0.05) is 23.8 Å². The van der Waals surface area contributed by atoms with Gasteiger partial charge < -0.3 is 10.2 Å². The number of sulfonamides is 1. The molecule has 2 N–H and O–H groups in total. The van der Waals surface area contributed by atoms with E-state index in [0.29, 0.717) is 29.8 Å². The summed E-state index contributed by atoms with van der Waals surface area (Å²) in [6.07, 6.45) is 6.87. The Bertz CT molecular complexity index is 1170. The average Bonchev–Trinajstić information content (AvgIpc) is 3.31. The molecule has 182 valence electrons. The molecule has 1 aliphatic carbocycles.